The molecule has 2 N–H and O–H groups in total. The van der Waals surface area contributed by atoms with Gasteiger partial charge in [-0.1, -0.05) is 72.8 Å². The molecule has 120 valence electrons. The van der Waals surface area contributed by atoms with Gasteiger partial charge in [-0.25, -0.2) is 4.79 Å². The van der Waals surface area contributed by atoms with Crippen LogP contribution in [0.2, 0.25) is 0 Å². The number of hydrogen-bond acceptors (Lipinski definition) is 2. The van der Waals surface area contributed by atoms with E-state index in [4.69, 9.17) is 10.2 Å². The molecule has 3 aromatic rings. The number of benzene rings is 3. The molecule has 0 aliphatic rings. The van der Waals surface area contributed by atoms with Gasteiger partial charge in [0.25, 0.3) is 0 Å². The third kappa shape index (κ3) is 5.81. The zero-order chi connectivity index (χ0) is 17.2. The molecule has 0 unspecified atom stereocenters. The van der Waals surface area contributed by atoms with E-state index in [2.05, 4.69) is 48.5 Å². The predicted molar refractivity (Wildman–Crippen MR) is 96.7 cm³/mol. The van der Waals surface area contributed by atoms with Gasteiger partial charge in [0.1, 0.15) is 5.75 Å². The number of carboxylic acid groups (broad SMARTS) is 1. The van der Waals surface area contributed by atoms with Gasteiger partial charge in [0.2, 0.25) is 0 Å². The molecule has 0 aromatic heterocycles. The molecule has 0 heterocycles. The Bertz CT molecular complexity index is 739. The van der Waals surface area contributed by atoms with Crippen LogP contribution in [0, 0.1) is 0 Å². The van der Waals surface area contributed by atoms with Crippen molar-refractivity contribution in [2.75, 3.05) is 0 Å². The van der Waals surface area contributed by atoms with Gasteiger partial charge >= 0.3 is 5.97 Å². The molecule has 0 spiro atoms. The van der Waals surface area contributed by atoms with Crippen LogP contribution in [0.15, 0.2) is 91.0 Å². The van der Waals surface area contributed by atoms with E-state index >= 15 is 0 Å². The number of aliphatic carboxylic acids is 1. The van der Waals surface area contributed by atoms with Gasteiger partial charge in [-0.05, 0) is 34.9 Å². The average molecular weight is 318 g/mol. The molecule has 0 bridgehead atoms. The molecule has 0 fully saturated rings. The van der Waals surface area contributed by atoms with Crippen molar-refractivity contribution < 1.29 is 15.0 Å². The Morgan fingerprint density at radius 1 is 0.708 bits per heavy atom. The highest BCUT2D eigenvalue weighted by Crippen LogP contribution is 2.17. The van der Waals surface area contributed by atoms with Gasteiger partial charge in [0.05, 0.1) is 0 Å². The lowest BCUT2D eigenvalue weighted by molar-refractivity contribution is -0.131. The molecule has 0 aliphatic carbocycles. The SMILES string of the molecule is O=C(O)C=Cc1ccc(O)cc1.c1ccc(-c2ccccc2)cc1. The monoisotopic (exact) mass is 318 g/mol. The molecule has 3 heteroatoms. The minimum atomic E-state index is -0.983. The lowest BCUT2D eigenvalue weighted by Gasteiger charge is -1.98. The number of phenols is 1. The van der Waals surface area contributed by atoms with Crippen LogP contribution in [0.5, 0.6) is 5.75 Å². The van der Waals surface area contributed by atoms with Crippen molar-refractivity contribution in [3.63, 3.8) is 0 Å². The molecule has 0 radical (unpaired) electrons. The number of aromatic hydroxyl groups is 1. The van der Waals surface area contributed by atoms with Gasteiger partial charge in [-0.3, -0.25) is 0 Å². The van der Waals surface area contributed by atoms with Gasteiger partial charge in [0, 0.05) is 6.08 Å². The second-order valence-electron chi connectivity index (χ2n) is 5.00. The minimum absolute atomic E-state index is 0.169. The fourth-order valence-electron chi connectivity index (χ4n) is 2.01. The van der Waals surface area contributed by atoms with Crippen molar-refractivity contribution in [2.24, 2.45) is 0 Å². The van der Waals surface area contributed by atoms with Gasteiger partial charge < -0.3 is 10.2 Å². The maximum absolute atomic E-state index is 10.1. The standard InChI is InChI=1S/C12H10.C9H8O3/c1-3-7-11(8-4-1)12-9-5-2-6-10-12;10-8-4-1-7(2-5-8)3-6-9(11)12/h1-10H;1-6,10H,(H,11,12). The van der Waals surface area contributed by atoms with Crippen LogP contribution in [-0.2, 0) is 4.79 Å². The zero-order valence-electron chi connectivity index (χ0n) is 13.0. The summed E-state index contributed by atoms with van der Waals surface area (Å²) in [6.07, 6.45) is 2.51. The number of carboxylic acids is 1. The molecule has 3 nitrogen and oxygen atoms in total. The first kappa shape index (κ1) is 17.0. The molecule has 0 atom stereocenters. The summed E-state index contributed by atoms with van der Waals surface area (Å²) in [7, 11) is 0. The normalized spacial score (nSPS) is 10.0. The van der Waals surface area contributed by atoms with Crippen molar-refractivity contribution >= 4 is 12.0 Å². The Balaban J connectivity index is 0.000000174. The second-order valence-corrected chi connectivity index (χ2v) is 5.00. The summed E-state index contributed by atoms with van der Waals surface area (Å²) in [4.78, 5) is 10.1. The van der Waals surface area contributed by atoms with Crippen LogP contribution in [0.25, 0.3) is 17.2 Å². The Morgan fingerprint density at radius 2 is 1.17 bits per heavy atom. The lowest BCUT2D eigenvalue weighted by Crippen LogP contribution is -1.85. The van der Waals surface area contributed by atoms with Crippen LogP contribution >= 0.6 is 0 Å². The smallest absolute Gasteiger partial charge is 0.328 e. The molecule has 3 rings (SSSR count). The maximum atomic E-state index is 10.1. The third-order valence-corrected chi connectivity index (χ3v) is 3.19. The predicted octanol–water partition coefficient (Wildman–Crippen LogP) is 4.84. The molecule has 3 aromatic carbocycles. The van der Waals surface area contributed by atoms with Crippen molar-refractivity contribution in [3.05, 3.63) is 96.6 Å². The van der Waals surface area contributed by atoms with E-state index in [1.54, 1.807) is 12.1 Å². The summed E-state index contributed by atoms with van der Waals surface area (Å²) in [6, 6.07) is 27.1. The molecule has 0 amide bonds. The third-order valence-electron chi connectivity index (χ3n) is 3.19. The summed E-state index contributed by atoms with van der Waals surface area (Å²) in [5.74, 6) is -0.814. The Kier molecular flexibility index (Phi) is 6.35. The molecule has 0 saturated heterocycles. The number of rotatable bonds is 3. The highest BCUT2D eigenvalue weighted by Gasteiger charge is 1.92. The van der Waals surface area contributed by atoms with E-state index in [1.165, 1.54) is 29.3 Å². The summed E-state index contributed by atoms with van der Waals surface area (Å²) >= 11 is 0. The summed E-state index contributed by atoms with van der Waals surface area (Å²) in [5, 5.41) is 17.2. The van der Waals surface area contributed by atoms with E-state index < -0.39 is 5.97 Å². The number of carbonyl (C=O) groups is 1. The second kappa shape index (κ2) is 8.96. The summed E-state index contributed by atoms with van der Waals surface area (Å²) in [5.41, 5.74) is 3.30. The molecular formula is C21H18O3. The molecule has 24 heavy (non-hydrogen) atoms. The van der Waals surface area contributed by atoms with Crippen molar-refractivity contribution in [1.29, 1.82) is 0 Å². The van der Waals surface area contributed by atoms with E-state index in [1.807, 2.05) is 12.1 Å². The lowest BCUT2D eigenvalue weighted by atomic mass is 10.1. The first-order valence-corrected chi connectivity index (χ1v) is 7.45. The molecular weight excluding hydrogens is 300 g/mol. The highest BCUT2D eigenvalue weighted by atomic mass is 16.4. The fraction of sp³-hybridized carbons (Fsp3) is 0. The van der Waals surface area contributed by atoms with E-state index in [-0.39, 0.29) is 5.75 Å². The molecule has 0 aliphatic heterocycles. The van der Waals surface area contributed by atoms with Crippen molar-refractivity contribution in [3.8, 4) is 16.9 Å². The highest BCUT2D eigenvalue weighted by molar-refractivity contribution is 5.85. The summed E-state index contributed by atoms with van der Waals surface area (Å²) in [6.45, 7) is 0. The minimum Gasteiger partial charge on any atom is -0.508 e. The molecule has 0 saturated carbocycles. The maximum Gasteiger partial charge on any atom is 0.328 e. The Hall–Kier alpha value is -3.33. The summed E-state index contributed by atoms with van der Waals surface area (Å²) < 4.78 is 0. The largest absolute Gasteiger partial charge is 0.508 e. The number of hydrogen-bond donors (Lipinski definition) is 2. The number of phenolic OH excluding ortho intramolecular Hbond substituents is 1. The van der Waals surface area contributed by atoms with Gasteiger partial charge in [-0.15, -0.1) is 0 Å². The van der Waals surface area contributed by atoms with E-state index in [0.29, 0.717) is 0 Å². The first-order valence-electron chi connectivity index (χ1n) is 7.45. The van der Waals surface area contributed by atoms with Crippen LogP contribution in [0.4, 0.5) is 0 Å². The van der Waals surface area contributed by atoms with Crippen LogP contribution < -0.4 is 0 Å². The van der Waals surface area contributed by atoms with Crippen LogP contribution in [0.3, 0.4) is 0 Å². The van der Waals surface area contributed by atoms with E-state index in [9.17, 15) is 4.79 Å². The first-order chi connectivity index (χ1) is 11.6. The average Bonchev–Trinajstić information content (AvgIpc) is 2.63. The topological polar surface area (TPSA) is 57.5 Å². The zero-order valence-corrected chi connectivity index (χ0v) is 13.0. The van der Waals surface area contributed by atoms with Crippen molar-refractivity contribution in [2.45, 2.75) is 0 Å². The van der Waals surface area contributed by atoms with Crippen molar-refractivity contribution in [1.82, 2.24) is 0 Å². The van der Waals surface area contributed by atoms with Gasteiger partial charge in [0.15, 0.2) is 0 Å². The fourth-order valence-corrected chi connectivity index (χ4v) is 2.01. The van der Waals surface area contributed by atoms with Gasteiger partial charge in [-0.2, -0.15) is 0 Å². The van der Waals surface area contributed by atoms with Crippen LogP contribution in [0.1, 0.15) is 5.56 Å². The Morgan fingerprint density at radius 3 is 1.58 bits per heavy atom. The Labute approximate surface area is 141 Å². The van der Waals surface area contributed by atoms with E-state index in [0.717, 1.165) is 11.6 Å². The quantitative estimate of drug-likeness (QED) is 0.679. The van der Waals surface area contributed by atoms with Crippen LogP contribution in [-0.4, -0.2) is 16.2 Å².